The number of furan rings is 1. The van der Waals surface area contributed by atoms with Crippen molar-refractivity contribution in [1.29, 1.82) is 0 Å². The van der Waals surface area contributed by atoms with Crippen LogP contribution in [0.4, 0.5) is 0 Å². The van der Waals surface area contributed by atoms with Crippen LogP contribution in [0.1, 0.15) is 0 Å². The van der Waals surface area contributed by atoms with E-state index in [1.165, 1.54) is 0 Å². The van der Waals surface area contributed by atoms with Gasteiger partial charge in [-0.05, 0) is 81.4 Å². The van der Waals surface area contributed by atoms with Crippen molar-refractivity contribution in [2.24, 2.45) is 0 Å². The normalized spacial score (nSPS) is 11.3. The smallest absolute Gasteiger partial charge is 0.167 e. The SMILES string of the molecule is c1ccc(-c2cc(-c3ccccc3)cc(-c3cc(-c4cccc(-c5cccc(-c6nc(-c7ccccc7)nc(-c7cccc8c7oc7c(-c9ccccc9)cccc78)n6)c5)c4)nc(-c4ccccc4)n3)c2)cc1. The van der Waals surface area contributed by atoms with E-state index in [-0.39, 0.29) is 0 Å². The molecule has 0 aliphatic heterocycles. The summed E-state index contributed by atoms with van der Waals surface area (Å²) in [5.74, 6) is 2.31. The highest BCUT2D eigenvalue weighted by atomic mass is 16.3. The summed E-state index contributed by atoms with van der Waals surface area (Å²) in [6.45, 7) is 0. The first-order valence-electron chi connectivity index (χ1n) is 24.4. The summed E-state index contributed by atoms with van der Waals surface area (Å²) in [6.07, 6.45) is 0. The van der Waals surface area contributed by atoms with Crippen molar-refractivity contribution in [3.63, 3.8) is 0 Å². The quantitative estimate of drug-likeness (QED) is 0.136. The molecule has 0 unspecified atom stereocenters. The zero-order valence-electron chi connectivity index (χ0n) is 39.5. The van der Waals surface area contributed by atoms with E-state index in [2.05, 4.69) is 194 Å². The topological polar surface area (TPSA) is 77.6 Å². The minimum absolute atomic E-state index is 0.529. The number of hydrogen-bond acceptors (Lipinski definition) is 6. The second-order valence-corrected chi connectivity index (χ2v) is 18.0. The number of aromatic nitrogens is 5. The number of rotatable bonds is 10. The van der Waals surface area contributed by atoms with Crippen molar-refractivity contribution in [1.82, 2.24) is 24.9 Å². The minimum atomic E-state index is 0.529. The van der Waals surface area contributed by atoms with Crippen molar-refractivity contribution in [2.75, 3.05) is 0 Å². The molecule has 0 N–H and O–H groups in total. The third-order valence-electron chi connectivity index (χ3n) is 13.3. The lowest BCUT2D eigenvalue weighted by atomic mass is 9.94. The van der Waals surface area contributed by atoms with E-state index in [9.17, 15) is 0 Å². The van der Waals surface area contributed by atoms with Gasteiger partial charge in [0.2, 0.25) is 0 Å². The molecule has 0 aliphatic rings. The average Bonchev–Trinajstić information content (AvgIpc) is 3.87. The first-order valence-corrected chi connectivity index (χ1v) is 24.4. The largest absolute Gasteiger partial charge is 0.455 e. The zero-order valence-corrected chi connectivity index (χ0v) is 39.5. The fourth-order valence-electron chi connectivity index (χ4n) is 9.71. The minimum Gasteiger partial charge on any atom is -0.455 e. The highest BCUT2D eigenvalue weighted by Gasteiger charge is 2.20. The average molecular weight is 934 g/mol. The fourth-order valence-corrected chi connectivity index (χ4v) is 9.71. The molecule has 0 radical (unpaired) electrons. The molecule has 0 saturated carbocycles. The fraction of sp³-hybridized carbons (Fsp3) is 0. The van der Waals surface area contributed by atoms with E-state index < -0.39 is 0 Å². The van der Waals surface area contributed by atoms with Gasteiger partial charge in [-0.1, -0.05) is 218 Å². The van der Waals surface area contributed by atoms with Crippen molar-refractivity contribution < 1.29 is 4.42 Å². The molecule has 3 aromatic heterocycles. The molecule has 0 fully saturated rings. The van der Waals surface area contributed by atoms with Crippen LogP contribution in [0, 0.1) is 0 Å². The molecule has 13 aromatic rings. The first kappa shape index (κ1) is 43.1. The Labute approximate surface area is 422 Å². The highest BCUT2D eigenvalue weighted by molar-refractivity contribution is 6.12. The molecule has 0 atom stereocenters. The maximum atomic E-state index is 6.84. The van der Waals surface area contributed by atoms with Gasteiger partial charge in [0.1, 0.15) is 11.2 Å². The molecule has 0 spiro atoms. The summed E-state index contributed by atoms with van der Waals surface area (Å²) < 4.78 is 6.84. The molecule has 0 bridgehead atoms. The van der Waals surface area contributed by atoms with E-state index in [0.29, 0.717) is 23.3 Å². The van der Waals surface area contributed by atoms with Crippen LogP contribution in [0.25, 0.3) is 135 Å². The molecule has 13 rings (SSSR count). The van der Waals surface area contributed by atoms with Crippen LogP contribution in [0.3, 0.4) is 0 Å². The maximum Gasteiger partial charge on any atom is 0.167 e. The van der Waals surface area contributed by atoms with Gasteiger partial charge in [-0.2, -0.15) is 0 Å². The summed E-state index contributed by atoms with van der Waals surface area (Å²) in [5, 5.41) is 2.04. The number of nitrogens with zero attached hydrogens (tertiary/aromatic N) is 5. The van der Waals surface area contributed by atoms with Crippen LogP contribution >= 0.6 is 0 Å². The van der Waals surface area contributed by atoms with Gasteiger partial charge < -0.3 is 4.42 Å². The van der Waals surface area contributed by atoms with Crippen LogP contribution in [0.15, 0.2) is 265 Å². The molecule has 0 amide bonds. The van der Waals surface area contributed by atoms with Crippen LogP contribution in [-0.2, 0) is 0 Å². The van der Waals surface area contributed by atoms with Crippen molar-refractivity contribution in [2.45, 2.75) is 0 Å². The zero-order chi connectivity index (χ0) is 48.5. The van der Waals surface area contributed by atoms with E-state index in [4.69, 9.17) is 29.3 Å². The van der Waals surface area contributed by atoms with Crippen molar-refractivity contribution >= 4 is 21.9 Å². The monoisotopic (exact) mass is 933 g/mol. The highest BCUT2D eigenvalue weighted by Crippen LogP contribution is 2.41. The van der Waals surface area contributed by atoms with Gasteiger partial charge in [0.05, 0.1) is 17.0 Å². The summed E-state index contributed by atoms with van der Waals surface area (Å²) in [6, 6.07) is 90.0. The third-order valence-corrected chi connectivity index (χ3v) is 13.3. The number of para-hydroxylation sites is 2. The van der Waals surface area contributed by atoms with E-state index in [0.717, 1.165) is 111 Å². The van der Waals surface area contributed by atoms with Crippen LogP contribution in [0.2, 0.25) is 0 Å². The second kappa shape index (κ2) is 18.8. The molecule has 0 saturated heterocycles. The lowest BCUT2D eigenvalue weighted by molar-refractivity contribution is 0.670. The maximum absolute atomic E-state index is 6.84. The number of hydrogen-bond donors (Lipinski definition) is 0. The first-order chi connectivity index (χ1) is 36.1. The van der Waals surface area contributed by atoms with Gasteiger partial charge in [0.25, 0.3) is 0 Å². The van der Waals surface area contributed by atoms with Crippen LogP contribution < -0.4 is 0 Å². The van der Waals surface area contributed by atoms with E-state index >= 15 is 0 Å². The Balaban J connectivity index is 0.916. The Bertz CT molecular complexity index is 4060. The van der Waals surface area contributed by atoms with Gasteiger partial charge in [0.15, 0.2) is 23.3 Å². The predicted molar refractivity (Wildman–Crippen MR) is 297 cm³/mol. The Hall–Kier alpha value is -9.91. The van der Waals surface area contributed by atoms with Gasteiger partial charge >= 0.3 is 0 Å². The summed E-state index contributed by atoms with van der Waals surface area (Å²) in [5.41, 5.74) is 17.3. The van der Waals surface area contributed by atoms with Crippen molar-refractivity contribution in [3.8, 4) is 113 Å². The molecule has 3 heterocycles. The molecule has 6 heteroatoms. The molecule has 342 valence electrons. The molecule has 10 aromatic carbocycles. The molecular formula is C67H43N5O. The lowest BCUT2D eigenvalue weighted by Crippen LogP contribution is -2.00. The molecule has 0 aliphatic carbocycles. The third kappa shape index (κ3) is 8.53. The standard InChI is InChI=1S/C67H43N5O/c1-6-20-44(21-7-1)53-40-54(45-22-8-2-9-23-45)42-55(41-53)61-43-60(68-64(69-61)47-26-12-4-13-27-47)51-32-16-30-49(38-51)50-31-17-33-52(39-50)66-70-65(48-28-14-5-15-29-48)71-67(72-66)59-37-19-36-58-57-35-18-34-56(62(57)73-63(58)59)46-24-10-3-11-25-46/h1-43H. The predicted octanol–water partition coefficient (Wildman–Crippen LogP) is 17.2. The molecule has 6 nitrogen and oxygen atoms in total. The van der Waals surface area contributed by atoms with Gasteiger partial charge in [-0.25, -0.2) is 24.9 Å². The number of benzene rings is 10. The molecule has 73 heavy (non-hydrogen) atoms. The Morgan fingerprint density at radius 2 is 0.562 bits per heavy atom. The number of fused-ring (bicyclic) bond motifs is 3. The Kier molecular flexibility index (Phi) is 11.1. The summed E-state index contributed by atoms with van der Waals surface area (Å²) in [7, 11) is 0. The summed E-state index contributed by atoms with van der Waals surface area (Å²) in [4.78, 5) is 26.0. The van der Waals surface area contributed by atoms with Gasteiger partial charge in [-0.3, -0.25) is 0 Å². The molecular weight excluding hydrogens is 891 g/mol. The van der Waals surface area contributed by atoms with Crippen LogP contribution in [0.5, 0.6) is 0 Å². The Morgan fingerprint density at radius 1 is 0.205 bits per heavy atom. The Morgan fingerprint density at radius 3 is 1.12 bits per heavy atom. The second-order valence-electron chi connectivity index (χ2n) is 18.0. The van der Waals surface area contributed by atoms with Gasteiger partial charge in [-0.15, -0.1) is 0 Å². The van der Waals surface area contributed by atoms with Crippen molar-refractivity contribution in [3.05, 3.63) is 261 Å². The van der Waals surface area contributed by atoms with Crippen LogP contribution in [-0.4, -0.2) is 24.9 Å². The summed E-state index contributed by atoms with van der Waals surface area (Å²) >= 11 is 0. The lowest BCUT2D eigenvalue weighted by Gasteiger charge is -2.14. The van der Waals surface area contributed by atoms with E-state index in [1.807, 2.05) is 66.7 Å². The van der Waals surface area contributed by atoms with Gasteiger partial charge in [0, 0.05) is 44.2 Å². The van der Waals surface area contributed by atoms with E-state index in [1.54, 1.807) is 0 Å².